The Morgan fingerprint density at radius 2 is 1.85 bits per heavy atom. The van der Waals surface area contributed by atoms with E-state index in [1.54, 1.807) is 0 Å². The molecule has 1 heterocycles. The predicted octanol–water partition coefficient (Wildman–Crippen LogP) is 3.66. The van der Waals surface area contributed by atoms with Crippen LogP contribution in [0.25, 0.3) is 22.0 Å². The van der Waals surface area contributed by atoms with E-state index in [4.69, 9.17) is 5.73 Å². The molecule has 3 aromatic rings. The summed E-state index contributed by atoms with van der Waals surface area (Å²) < 4.78 is 0. The molecule has 20 heavy (non-hydrogen) atoms. The van der Waals surface area contributed by atoms with Crippen LogP contribution in [0.2, 0.25) is 0 Å². The maximum absolute atomic E-state index is 9.35. The van der Waals surface area contributed by atoms with Crippen LogP contribution in [0, 0.1) is 18.3 Å². The molecule has 3 rings (SSSR count). The number of nitrogen functional groups attached to an aromatic ring is 1. The van der Waals surface area contributed by atoms with Crippen LogP contribution in [-0.2, 0) is 0 Å². The number of benzene rings is 2. The Labute approximate surface area is 117 Å². The lowest BCUT2D eigenvalue weighted by Crippen LogP contribution is -1.95. The molecule has 0 aliphatic heterocycles. The summed E-state index contributed by atoms with van der Waals surface area (Å²) in [6.45, 7) is 2.00. The van der Waals surface area contributed by atoms with Crippen molar-refractivity contribution in [1.82, 2.24) is 4.98 Å². The minimum absolute atomic E-state index is 0.404. The van der Waals surface area contributed by atoms with Crippen LogP contribution in [0.15, 0.2) is 48.5 Å². The molecule has 0 saturated heterocycles. The molecular formula is C17H13N3. The second-order valence-electron chi connectivity index (χ2n) is 4.78. The number of rotatable bonds is 1. The second kappa shape index (κ2) is 4.67. The van der Waals surface area contributed by atoms with E-state index in [1.165, 1.54) is 0 Å². The van der Waals surface area contributed by atoms with E-state index >= 15 is 0 Å². The zero-order chi connectivity index (χ0) is 14.1. The summed E-state index contributed by atoms with van der Waals surface area (Å²) in [6, 6.07) is 17.7. The van der Waals surface area contributed by atoms with Gasteiger partial charge >= 0.3 is 0 Å². The van der Waals surface area contributed by atoms with Crippen molar-refractivity contribution in [3.05, 3.63) is 59.8 Å². The van der Waals surface area contributed by atoms with Crippen molar-refractivity contribution >= 4 is 16.6 Å². The summed E-state index contributed by atoms with van der Waals surface area (Å²) in [6.07, 6.45) is 0. The van der Waals surface area contributed by atoms with Gasteiger partial charge in [0.25, 0.3) is 0 Å². The van der Waals surface area contributed by atoms with Gasteiger partial charge in [0.05, 0.1) is 5.52 Å². The largest absolute Gasteiger partial charge is 0.398 e. The Morgan fingerprint density at radius 1 is 1.05 bits per heavy atom. The van der Waals surface area contributed by atoms with Gasteiger partial charge in [-0.1, -0.05) is 29.8 Å². The van der Waals surface area contributed by atoms with Crippen LogP contribution in [0.1, 0.15) is 11.3 Å². The Bertz CT molecular complexity index is 844. The molecule has 2 aromatic carbocycles. The number of pyridine rings is 1. The Morgan fingerprint density at radius 3 is 2.65 bits per heavy atom. The standard InChI is InChI=1S/C17H13N3/c1-11-6-7-15(19)13(8-11)14-9-12-4-2-3-5-16(12)20-17(14)10-18/h2-9H,19H2,1H3. The third-order valence-corrected chi connectivity index (χ3v) is 3.33. The molecule has 0 spiro atoms. The maximum atomic E-state index is 9.35. The third-order valence-electron chi connectivity index (χ3n) is 3.33. The number of nitrogens with zero attached hydrogens (tertiary/aromatic N) is 2. The third kappa shape index (κ3) is 1.98. The number of aromatic nitrogens is 1. The summed E-state index contributed by atoms with van der Waals surface area (Å²) in [4.78, 5) is 4.42. The van der Waals surface area contributed by atoms with Crippen LogP contribution in [0.5, 0.6) is 0 Å². The van der Waals surface area contributed by atoms with Gasteiger partial charge in [-0.15, -0.1) is 0 Å². The first-order valence-corrected chi connectivity index (χ1v) is 6.35. The highest BCUT2D eigenvalue weighted by Crippen LogP contribution is 2.31. The van der Waals surface area contributed by atoms with Crippen LogP contribution in [-0.4, -0.2) is 4.98 Å². The van der Waals surface area contributed by atoms with E-state index in [0.29, 0.717) is 11.4 Å². The average Bonchev–Trinajstić information content (AvgIpc) is 2.48. The summed E-state index contributed by atoms with van der Waals surface area (Å²) in [5.41, 5.74) is 10.7. The molecule has 0 fully saturated rings. The molecule has 2 N–H and O–H groups in total. The number of hydrogen-bond acceptors (Lipinski definition) is 3. The molecule has 1 aromatic heterocycles. The molecule has 0 radical (unpaired) electrons. The van der Waals surface area contributed by atoms with Crippen LogP contribution in [0.3, 0.4) is 0 Å². The zero-order valence-electron chi connectivity index (χ0n) is 11.1. The number of anilines is 1. The van der Waals surface area contributed by atoms with Crippen molar-refractivity contribution in [1.29, 1.82) is 5.26 Å². The summed E-state index contributed by atoms with van der Waals surface area (Å²) >= 11 is 0. The smallest absolute Gasteiger partial charge is 0.149 e. The first-order valence-electron chi connectivity index (χ1n) is 6.35. The molecule has 0 aliphatic carbocycles. The molecule has 3 nitrogen and oxygen atoms in total. The Balaban J connectivity index is 2.35. The number of nitriles is 1. The van der Waals surface area contributed by atoms with E-state index < -0.39 is 0 Å². The lowest BCUT2D eigenvalue weighted by Gasteiger charge is -2.10. The molecule has 0 aliphatic rings. The fourth-order valence-corrected chi connectivity index (χ4v) is 2.31. The van der Waals surface area contributed by atoms with Gasteiger partial charge in [-0.2, -0.15) is 5.26 Å². The molecular weight excluding hydrogens is 246 g/mol. The summed E-state index contributed by atoms with van der Waals surface area (Å²) in [5.74, 6) is 0. The van der Waals surface area contributed by atoms with Crippen molar-refractivity contribution in [2.24, 2.45) is 0 Å². The normalized spacial score (nSPS) is 10.4. The van der Waals surface area contributed by atoms with Gasteiger partial charge in [0.2, 0.25) is 0 Å². The van der Waals surface area contributed by atoms with Gasteiger partial charge < -0.3 is 5.73 Å². The first-order chi connectivity index (χ1) is 9.69. The zero-order valence-corrected chi connectivity index (χ0v) is 11.1. The molecule has 0 unspecified atom stereocenters. The fourth-order valence-electron chi connectivity index (χ4n) is 2.31. The van der Waals surface area contributed by atoms with Gasteiger partial charge in [-0.05, 0) is 31.2 Å². The van der Waals surface area contributed by atoms with Gasteiger partial charge in [-0.25, -0.2) is 4.98 Å². The number of para-hydroxylation sites is 1. The van der Waals surface area contributed by atoms with Gasteiger partial charge in [0.15, 0.2) is 0 Å². The first kappa shape index (κ1) is 12.2. The highest BCUT2D eigenvalue weighted by atomic mass is 14.7. The Kier molecular flexibility index (Phi) is 2.85. The molecule has 3 heteroatoms. The number of fused-ring (bicyclic) bond motifs is 1. The van der Waals surface area contributed by atoms with Crippen molar-refractivity contribution in [2.45, 2.75) is 6.92 Å². The Hall–Kier alpha value is -2.86. The molecule has 96 valence electrons. The van der Waals surface area contributed by atoms with Crippen LogP contribution < -0.4 is 5.73 Å². The lowest BCUT2D eigenvalue weighted by atomic mass is 9.98. The SMILES string of the molecule is Cc1ccc(N)c(-c2cc3ccccc3nc2C#N)c1. The molecule has 0 saturated carbocycles. The van der Waals surface area contributed by atoms with Crippen molar-refractivity contribution in [3.8, 4) is 17.2 Å². The second-order valence-corrected chi connectivity index (χ2v) is 4.78. The fraction of sp³-hybridized carbons (Fsp3) is 0.0588. The van der Waals surface area contributed by atoms with Crippen molar-refractivity contribution < 1.29 is 0 Å². The van der Waals surface area contributed by atoms with E-state index in [2.05, 4.69) is 11.1 Å². The van der Waals surface area contributed by atoms with Crippen LogP contribution >= 0.6 is 0 Å². The quantitative estimate of drug-likeness (QED) is 0.678. The van der Waals surface area contributed by atoms with Crippen molar-refractivity contribution in [3.63, 3.8) is 0 Å². The van der Waals surface area contributed by atoms with E-state index in [1.807, 2.05) is 55.5 Å². The van der Waals surface area contributed by atoms with Gasteiger partial charge in [0.1, 0.15) is 11.8 Å². The average molecular weight is 259 g/mol. The van der Waals surface area contributed by atoms with Crippen molar-refractivity contribution in [2.75, 3.05) is 5.73 Å². The molecule has 0 atom stereocenters. The number of nitrogens with two attached hydrogens (primary N) is 1. The predicted molar refractivity (Wildman–Crippen MR) is 81.0 cm³/mol. The highest BCUT2D eigenvalue weighted by Gasteiger charge is 2.11. The van der Waals surface area contributed by atoms with E-state index in [-0.39, 0.29) is 0 Å². The lowest BCUT2D eigenvalue weighted by molar-refractivity contribution is 1.32. The van der Waals surface area contributed by atoms with Gasteiger partial charge in [-0.3, -0.25) is 0 Å². The summed E-state index contributed by atoms with van der Waals surface area (Å²) in [5, 5.41) is 10.3. The topological polar surface area (TPSA) is 62.7 Å². The minimum atomic E-state index is 0.404. The van der Waals surface area contributed by atoms with E-state index in [9.17, 15) is 5.26 Å². The molecule has 0 amide bonds. The highest BCUT2D eigenvalue weighted by molar-refractivity contribution is 5.89. The summed E-state index contributed by atoms with van der Waals surface area (Å²) in [7, 11) is 0. The minimum Gasteiger partial charge on any atom is -0.398 e. The van der Waals surface area contributed by atoms with E-state index in [0.717, 1.165) is 27.6 Å². The maximum Gasteiger partial charge on any atom is 0.149 e. The van der Waals surface area contributed by atoms with Gasteiger partial charge in [0, 0.05) is 22.2 Å². The molecule has 0 bridgehead atoms. The van der Waals surface area contributed by atoms with Crippen LogP contribution in [0.4, 0.5) is 5.69 Å². The number of hydrogen-bond donors (Lipinski definition) is 1. The monoisotopic (exact) mass is 259 g/mol. The number of aryl methyl sites for hydroxylation is 1.